The maximum absolute atomic E-state index is 14.3. The largest absolute Gasteiger partial charge is 0.497 e. The van der Waals surface area contributed by atoms with Crippen LogP contribution in [0.25, 0.3) is 0 Å². The van der Waals surface area contributed by atoms with Gasteiger partial charge >= 0.3 is 11.9 Å². The van der Waals surface area contributed by atoms with E-state index in [1.165, 1.54) is 38.4 Å². The van der Waals surface area contributed by atoms with Gasteiger partial charge in [-0.1, -0.05) is 60.2 Å². The van der Waals surface area contributed by atoms with Gasteiger partial charge in [-0.05, 0) is 54.3 Å². The van der Waals surface area contributed by atoms with Crippen molar-refractivity contribution in [1.82, 2.24) is 4.90 Å². The molecule has 2 unspecified atom stereocenters. The van der Waals surface area contributed by atoms with Crippen LogP contribution in [0.4, 0.5) is 0 Å². The molecule has 0 N–H and O–H groups in total. The molecule has 0 aromatic heterocycles. The minimum atomic E-state index is -4.17. The van der Waals surface area contributed by atoms with E-state index in [9.17, 15) is 22.8 Å². The third-order valence-electron chi connectivity index (χ3n) is 8.14. The van der Waals surface area contributed by atoms with Gasteiger partial charge in [-0.3, -0.25) is 4.79 Å². The summed E-state index contributed by atoms with van der Waals surface area (Å²) < 4.78 is 43.8. The van der Waals surface area contributed by atoms with Crippen LogP contribution in [0.1, 0.15) is 35.4 Å². The predicted octanol–water partition coefficient (Wildman–Crippen LogP) is 4.66. The van der Waals surface area contributed by atoms with Gasteiger partial charge in [0.05, 0.1) is 43.9 Å². The van der Waals surface area contributed by atoms with Crippen molar-refractivity contribution in [1.29, 1.82) is 0 Å². The summed E-state index contributed by atoms with van der Waals surface area (Å²) in [6, 6.07) is 22.5. The van der Waals surface area contributed by atoms with E-state index in [0.29, 0.717) is 22.6 Å². The Hall–Kier alpha value is -4.70. The molecule has 0 fully saturated rings. The number of amides is 1. The molecule has 2 aliphatic rings. The smallest absolute Gasteiger partial charge is 0.335 e. The number of carbonyl (C=O) groups is 3. The number of methoxy groups -OCH3 is 3. The summed E-state index contributed by atoms with van der Waals surface area (Å²) >= 11 is 0. The summed E-state index contributed by atoms with van der Waals surface area (Å²) in [7, 11) is -0.204. The number of ether oxygens (including phenoxy) is 3. The molecule has 44 heavy (non-hydrogen) atoms. The molecule has 3 aromatic rings. The van der Waals surface area contributed by atoms with E-state index in [4.69, 9.17) is 14.2 Å². The van der Waals surface area contributed by atoms with Crippen LogP contribution in [0.3, 0.4) is 0 Å². The highest BCUT2D eigenvalue weighted by molar-refractivity contribution is 7.92. The molecule has 10 heteroatoms. The topological polar surface area (TPSA) is 116 Å². The SMILES string of the molecule is COC(=O)C1=C(C(=O)OC)C(c2ccc(OC)cc2)C2=C(C1)N(Cc1ccccc1)C(=O)C(S(=O)(=O)c1ccc(C)cc1)C2. The van der Waals surface area contributed by atoms with E-state index in [1.54, 1.807) is 36.4 Å². The van der Waals surface area contributed by atoms with Crippen molar-refractivity contribution in [3.05, 3.63) is 118 Å². The summed E-state index contributed by atoms with van der Waals surface area (Å²) in [5, 5.41) is -1.47. The number of rotatable bonds is 8. The molecule has 228 valence electrons. The molecule has 9 nitrogen and oxygen atoms in total. The van der Waals surface area contributed by atoms with Crippen LogP contribution >= 0.6 is 0 Å². The summed E-state index contributed by atoms with van der Waals surface area (Å²) in [6.07, 6.45) is -0.295. The number of hydrogen-bond acceptors (Lipinski definition) is 8. The second-order valence-electron chi connectivity index (χ2n) is 10.7. The van der Waals surface area contributed by atoms with Crippen LogP contribution in [-0.2, 0) is 40.2 Å². The minimum absolute atomic E-state index is 0.0287. The third kappa shape index (κ3) is 5.65. The first-order chi connectivity index (χ1) is 21.1. The average molecular weight is 616 g/mol. The molecular weight excluding hydrogens is 582 g/mol. The highest BCUT2D eigenvalue weighted by Crippen LogP contribution is 2.49. The van der Waals surface area contributed by atoms with E-state index in [0.717, 1.165) is 11.1 Å². The first kappa shape index (κ1) is 30.7. The number of esters is 2. The summed E-state index contributed by atoms with van der Waals surface area (Å²) in [5.74, 6) is -2.42. The van der Waals surface area contributed by atoms with Crippen molar-refractivity contribution in [3.8, 4) is 5.75 Å². The Balaban J connectivity index is 1.76. The Morgan fingerprint density at radius 1 is 0.864 bits per heavy atom. The molecule has 0 radical (unpaired) electrons. The lowest BCUT2D eigenvalue weighted by Gasteiger charge is -2.42. The zero-order valence-electron chi connectivity index (χ0n) is 24.9. The van der Waals surface area contributed by atoms with E-state index in [1.807, 2.05) is 37.3 Å². The molecule has 1 aliphatic carbocycles. The fraction of sp³-hybridized carbons (Fsp3) is 0.265. The Morgan fingerprint density at radius 3 is 2.09 bits per heavy atom. The molecule has 1 heterocycles. The van der Waals surface area contributed by atoms with Crippen LogP contribution in [0.2, 0.25) is 0 Å². The molecule has 0 spiro atoms. The fourth-order valence-corrected chi connectivity index (χ4v) is 7.52. The van der Waals surface area contributed by atoms with Gasteiger partial charge in [0.25, 0.3) is 0 Å². The Kier molecular flexibility index (Phi) is 8.73. The Labute approximate surface area is 256 Å². The number of sulfone groups is 1. The summed E-state index contributed by atoms with van der Waals surface area (Å²) in [4.78, 5) is 42.4. The van der Waals surface area contributed by atoms with E-state index in [-0.39, 0.29) is 35.4 Å². The zero-order chi connectivity index (χ0) is 31.6. The number of aryl methyl sites for hydroxylation is 1. The monoisotopic (exact) mass is 615 g/mol. The molecule has 3 aromatic carbocycles. The van der Waals surface area contributed by atoms with Gasteiger partial charge in [0.15, 0.2) is 9.84 Å². The van der Waals surface area contributed by atoms with E-state index >= 15 is 0 Å². The van der Waals surface area contributed by atoms with Gasteiger partial charge in [-0.25, -0.2) is 18.0 Å². The standard InChI is InChI=1S/C34H33NO8S/c1-21-10-16-25(17-11-21)44(39,40)29-19-26-28(35(32(29)36)20-22-8-6-5-7-9-22)18-27(33(37)42-3)31(34(38)43-4)30(26)23-12-14-24(41-2)15-13-23/h5-17,29-30H,18-20H2,1-4H3. The molecule has 0 saturated carbocycles. The van der Waals surface area contributed by atoms with Crippen LogP contribution in [-0.4, -0.2) is 57.7 Å². The predicted molar refractivity (Wildman–Crippen MR) is 162 cm³/mol. The van der Waals surface area contributed by atoms with Gasteiger partial charge in [0.2, 0.25) is 5.91 Å². The maximum Gasteiger partial charge on any atom is 0.335 e. The average Bonchev–Trinajstić information content (AvgIpc) is 3.05. The van der Waals surface area contributed by atoms with Gasteiger partial charge in [-0.15, -0.1) is 0 Å². The minimum Gasteiger partial charge on any atom is -0.497 e. The molecular formula is C34H33NO8S. The Morgan fingerprint density at radius 2 is 1.50 bits per heavy atom. The number of carbonyl (C=O) groups excluding carboxylic acids is 3. The van der Waals surface area contributed by atoms with E-state index in [2.05, 4.69) is 0 Å². The third-order valence-corrected chi connectivity index (χ3v) is 10.2. The lowest BCUT2D eigenvalue weighted by molar-refractivity contribution is -0.140. The second-order valence-corrected chi connectivity index (χ2v) is 12.8. The van der Waals surface area contributed by atoms with Gasteiger partial charge in [0, 0.05) is 18.0 Å². The normalized spacial score (nSPS) is 18.5. The molecule has 1 amide bonds. The highest BCUT2D eigenvalue weighted by Gasteiger charge is 2.49. The van der Waals surface area contributed by atoms with Crippen molar-refractivity contribution < 1.29 is 37.0 Å². The first-order valence-corrected chi connectivity index (χ1v) is 15.6. The van der Waals surface area contributed by atoms with Crippen LogP contribution < -0.4 is 4.74 Å². The van der Waals surface area contributed by atoms with Gasteiger partial charge < -0.3 is 19.1 Å². The molecule has 1 aliphatic heterocycles. The van der Waals surface area contributed by atoms with Crippen LogP contribution in [0, 0.1) is 6.92 Å². The summed E-state index contributed by atoms with van der Waals surface area (Å²) in [6.45, 7) is 1.91. The first-order valence-electron chi connectivity index (χ1n) is 14.0. The van der Waals surface area contributed by atoms with Gasteiger partial charge in [-0.2, -0.15) is 0 Å². The van der Waals surface area contributed by atoms with Crippen molar-refractivity contribution >= 4 is 27.7 Å². The number of hydrogen-bond donors (Lipinski definition) is 0. The number of benzene rings is 3. The van der Waals surface area contributed by atoms with Crippen LogP contribution in [0.15, 0.2) is 106 Å². The van der Waals surface area contributed by atoms with Crippen molar-refractivity contribution in [2.75, 3.05) is 21.3 Å². The molecule has 0 saturated heterocycles. The molecule has 2 atom stereocenters. The lowest BCUT2D eigenvalue weighted by atomic mass is 9.73. The Bertz CT molecular complexity index is 1760. The van der Waals surface area contributed by atoms with Crippen molar-refractivity contribution in [2.24, 2.45) is 0 Å². The van der Waals surface area contributed by atoms with Crippen molar-refractivity contribution in [3.63, 3.8) is 0 Å². The zero-order valence-corrected chi connectivity index (χ0v) is 25.7. The van der Waals surface area contributed by atoms with Gasteiger partial charge in [0.1, 0.15) is 11.0 Å². The quantitative estimate of drug-likeness (QED) is 0.336. The lowest BCUT2D eigenvalue weighted by Crippen LogP contribution is -2.48. The van der Waals surface area contributed by atoms with E-state index < -0.39 is 38.9 Å². The summed E-state index contributed by atoms with van der Waals surface area (Å²) in [5.41, 5.74) is 3.34. The highest BCUT2D eigenvalue weighted by atomic mass is 32.2. The fourth-order valence-electron chi connectivity index (χ4n) is 5.88. The maximum atomic E-state index is 14.3. The molecule has 5 rings (SSSR count). The second kappa shape index (κ2) is 12.5. The molecule has 0 bridgehead atoms. The van der Waals surface area contributed by atoms with Crippen molar-refractivity contribution in [2.45, 2.75) is 42.4 Å². The number of nitrogens with zero attached hydrogens (tertiary/aromatic N) is 1. The number of allylic oxidation sites excluding steroid dienone is 2. The van der Waals surface area contributed by atoms with Crippen LogP contribution in [0.5, 0.6) is 5.75 Å².